The molecule has 3 aromatic rings. The third-order valence-electron chi connectivity index (χ3n) is 3.48. The SMILES string of the molecule is COc1c(C)cnc(Cn2cnc(NC(=O)c3ccns3)n2)c1C. The standard InChI is InChI=1S/C15H16N6O2S/c1-9-6-16-11(10(2)13(9)23-3)7-21-8-17-15(20-21)19-14(22)12-4-5-18-24-12/h4-6,8H,7H2,1-3H3,(H,19,20,22). The van der Waals surface area contributed by atoms with E-state index in [0.29, 0.717) is 11.4 Å². The Hall–Kier alpha value is -2.81. The number of carbonyl (C=O) groups is 1. The van der Waals surface area contributed by atoms with Crippen LogP contribution in [0, 0.1) is 13.8 Å². The average molecular weight is 344 g/mol. The van der Waals surface area contributed by atoms with Gasteiger partial charge >= 0.3 is 0 Å². The molecule has 0 atom stereocenters. The van der Waals surface area contributed by atoms with E-state index in [4.69, 9.17) is 4.74 Å². The molecule has 0 fully saturated rings. The zero-order valence-electron chi connectivity index (χ0n) is 13.5. The highest BCUT2D eigenvalue weighted by molar-refractivity contribution is 7.08. The van der Waals surface area contributed by atoms with Crippen molar-refractivity contribution in [2.24, 2.45) is 0 Å². The normalized spacial score (nSPS) is 10.6. The van der Waals surface area contributed by atoms with Crippen LogP contribution >= 0.6 is 11.5 Å². The summed E-state index contributed by atoms with van der Waals surface area (Å²) < 4.78 is 10.9. The van der Waals surface area contributed by atoms with E-state index in [1.54, 1.807) is 36.6 Å². The van der Waals surface area contributed by atoms with Gasteiger partial charge < -0.3 is 4.74 Å². The van der Waals surface area contributed by atoms with Crippen LogP contribution in [0.1, 0.15) is 26.5 Å². The molecule has 24 heavy (non-hydrogen) atoms. The summed E-state index contributed by atoms with van der Waals surface area (Å²) in [6.45, 7) is 4.34. The number of methoxy groups -OCH3 is 1. The Morgan fingerprint density at radius 1 is 1.38 bits per heavy atom. The molecule has 0 radical (unpaired) electrons. The van der Waals surface area contributed by atoms with Crippen molar-refractivity contribution in [3.8, 4) is 5.75 Å². The fourth-order valence-corrected chi connectivity index (χ4v) is 2.80. The van der Waals surface area contributed by atoms with Crippen molar-refractivity contribution in [1.29, 1.82) is 0 Å². The van der Waals surface area contributed by atoms with Crippen molar-refractivity contribution in [2.75, 3.05) is 12.4 Å². The first-order valence-electron chi connectivity index (χ1n) is 7.19. The maximum absolute atomic E-state index is 12.0. The van der Waals surface area contributed by atoms with Crippen molar-refractivity contribution in [3.63, 3.8) is 0 Å². The maximum Gasteiger partial charge on any atom is 0.269 e. The summed E-state index contributed by atoms with van der Waals surface area (Å²) in [6, 6.07) is 1.64. The number of nitrogens with one attached hydrogen (secondary N) is 1. The predicted molar refractivity (Wildman–Crippen MR) is 89.5 cm³/mol. The van der Waals surface area contributed by atoms with Gasteiger partial charge in [0.1, 0.15) is 17.0 Å². The molecule has 8 nitrogen and oxygen atoms in total. The van der Waals surface area contributed by atoms with Crippen molar-refractivity contribution in [2.45, 2.75) is 20.4 Å². The van der Waals surface area contributed by atoms with Gasteiger partial charge in [0.25, 0.3) is 5.91 Å². The Kier molecular flexibility index (Phi) is 4.52. The van der Waals surface area contributed by atoms with Crippen molar-refractivity contribution in [3.05, 3.63) is 46.5 Å². The molecule has 0 saturated heterocycles. The highest BCUT2D eigenvalue weighted by atomic mass is 32.1. The molecule has 3 rings (SSSR count). The second-order valence-electron chi connectivity index (χ2n) is 5.14. The Morgan fingerprint density at radius 2 is 2.21 bits per heavy atom. The Labute approximate surface area is 142 Å². The molecule has 0 saturated carbocycles. The lowest BCUT2D eigenvalue weighted by Gasteiger charge is -2.11. The molecule has 1 amide bonds. The van der Waals surface area contributed by atoms with E-state index >= 15 is 0 Å². The monoisotopic (exact) mass is 344 g/mol. The molecule has 0 aliphatic rings. The molecule has 0 spiro atoms. The Bertz CT molecular complexity index is 859. The van der Waals surface area contributed by atoms with Crippen molar-refractivity contribution >= 4 is 23.4 Å². The lowest BCUT2D eigenvalue weighted by atomic mass is 10.1. The second kappa shape index (κ2) is 6.75. The molecule has 3 heterocycles. The van der Waals surface area contributed by atoms with E-state index in [-0.39, 0.29) is 11.9 Å². The summed E-state index contributed by atoms with van der Waals surface area (Å²) in [5, 5.41) is 6.89. The zero-order chi connectivity index (χ0) is 17.1. The highest BCUT2D eigenvalue weighted by Gasteiger charge is 2.13. The second-order valence-corrected chi connectivity index (χ2v) is 5.98. The maximum atomic E-state index is 12.0. The number of amides is 1. The van der Waals surface area contributed by atoms with Gasteiger partial charge in [-0.05, 0) is 31.4 Å². The molecule has 124 valence electrons. The number of nitrogens with zero attached hydrogens (tertiary/aromatic N) is 5. The molecule has 0 unspecified atom stereocenters. The molecule has 1 N–H and O–H groups in total. The fourth-order valence-electron chi connectivity index (χ4n) is 2.31. The molecular weight excluding hydrogens is 328 g/mol. The number of pyridine rings is 1. The van der Waals surface area contributed by atoms with E-state index in [1.165, 1.54) is 0 Å². The van der Waals surface area contributed by atoms with Crippen molar-refractivity contribution < 1.29 is 9.53 Å². The molecule has 0 aromatic carbocycles. The molecule has 0 aliphatic heterocycles. The fraction of sp³-hybridized carbons (Fsp3) is 0.267. The lowest BCUT2D eigenvalue weighted by molar-refractivity contribution is 0.102. The first-order valence-corrected chi connectivity index (χ1v) is 7.96. The topological polar surface area (TPSA) is 94.8 Å². The van der Waals surface area contributed by atoms with Gasteiger partial charge in [-0.25, -0.2) is 14.0 Å². The molecule has 0 aliphatic carbocycles. The van der Waals surface area contributed by atoms with E-state index in [0.717, 1.165) is 34.1 Å². The largest absolute Gasteiger partial charge is 0.496 e. The first kappa shape index (κ1) is 16.1. The summed E-state index contributed by atoms with van der Waals surface area (Å²) in [5.41, 5.74) is 2.78. The Morgan fingerprint density at radius 3 is 2.92 bits per heavy atom. The van der Waals surface area contributed by atoms with Crippen LogP contribution in [0.3, 0.4) is 0 Å². The number of carbonyl (C=O) groups excluding carboxylic acids is 1. The van der Waals surface area contributed by atoms with Gasteiger partial charge in [0.2, 0.25) is 5.95 Å². The van der Waals surface area contributed by atoms with Crippen LogP contribution in [0.2, 0.25) is 0 Å². The number of anilines is 1. The Balaban J connectivity index is 1.74. The summed E-state index contributed by atoms with van der Waals surface area (Å²) >= 11 is 1.12. The van der Waals surface area contributed by atoms with Gasteiger partial charge in [-0.2, -0.15) is 0 Å². The van der Waals surface area contributed by atoms with Crippen LogP contribution < -0.4 is 10.1 Å². The number of hydrogen-bond acceptors (Lipinski definition) is 7. The summed E-state index contributed by atoms with van der Waals surface area (Å²) in [4.78, 5) is 21.0. The van der Waals surface area contributed by atoms with E-state index in [2.05, 4.69) is 24.8 Å². The lowest BCUT2D eigenvalue weighted by Crippen LogP contribution is -2.12. The van der Waals surface area contributed by atoms with Gasteiger partial charge in [-0.1, -0.05) is 0 Å². The van der Waals surface area contributed by atoms with Crippen LogP contribution in [0.5, 0.6) is 5.75 Å². The summed E-state index contributed by atoms with van der Waals surface area (Å²) in [5.74, 6) is 0.783. The highest BCUT2D eigenvalue weighted by Crippen LogP contribution is 2.24. The van der Waals surface area contributed by atoms with Crippen LogP contribution in [0.25, 0.3) is 0 Å². The number of hydrogen-bond donors (Lipinski definition) is 1. The van der Waals surface area contributed by atoms with E-state index < -0.39 is 0 Å². The van der Waals surface area contributed by atoms with Gasteiger partial charge in [-0.15, -0.1) is 5.10 Å². The van der Waals surface area contributed by atoms with Gasteiger partial charge in [0.15, 0.2) is 0 Å². The number of aryl methyl sites for hydroxylation is 1. The number of rotatable bonds is 5. The third kappa shape index (κ3) is 3.25. The van der Waals surface area contributed by atoms with Gasteiger partial charge in [0.05, 0.1) is 19.3 Å². The van der Waals surface area contributed by atoms with Crippen LogP contribution in [-0.2, 0) is 6.54 Å². The quantitative estimate of drug-likeness (QED) is 0.761. The molecular formula is C15H16N6O2S. The van der Waals surface area contributed by atoms with E-state index in [9.17, 15) is 4.79 Å². The number of aromatic nitrogens is 5. The first-order chi connectivity index (χ1) is 11.6. The minimum Gasteiger partial charge on any atom is -0.496 e. The van der Waals surface area contributed by atoms with Crippen LogP contribution in [-0.4, -0.2) is 37.1 Å². The predicted octanol–water partition coefficient (Wildman–Crippen LogP) is 2.06. The minimum absolute atomic E-state index is 0.241. The number of ether oxygens (including phenoxy) is 1. The van der Waals surface area contributed by atoms with Crippen molar-refractivity contribution in [1.82, 2.24) is 24.1 Å². The van der Waals surface area contributed by atoms with Crippen LogP contribution in [0.15, 0.2) is 24.8 Å². The van der Waals surface area contributed by atoms with Gasteiger partial charge in [-0.3, -0.25) is 15.1 Å². The molecule has 0 bridgehead atoms. The van der Waals surface area contributed by atoms with E-state index in [1.807, 2.05) is 13.8 Å². The smallest absolute Gasteiger partial charge is 0.269 e. The van der Waals surface area contributed by atoms with Crippen LogP contribution in [0.4, 0.5) is 5.95 Å². The zero-order valence-corrected chi connectivity index (χ0v) is 14.3. The average Bonchev–Trinajstić information content (AvgIpc) is 3.22. The molecule has 3 aromatic heterocycles. The summed E-state index contributed by atoms with van der Waals surface area (Å²) in [6.07, 6.45) is 4.89. The van der Waals surface area contributed by atoms with Gasteiger partial charge in [0, 0.05) is 23.5 Å². The molecule has 9 heteroatoms. The minimum atomic E-state index is -0.276. The third-order valence-corrected chi connectivity index (χ3v) is 4.23. The summed E-state index contributed by atoms with van der Waals surface area (Å²) in [7, 11) is 1.64.